The van der Waals surface area contributed by atoms with Crippen molar-refractivity contribution < 1.29 is 4.79 Å². The van der Waals surface area contributed by atoms with Crippen LogP contribution in [0.15, 0.2) is 66.1 Å². The Morgan fingerprint density at radius 2 is 1.81 bits per heavy atom. The zero-order chi connectivity index (χ0) is 21.2. The highest BCUT2D eigenvalue weighted by Gasteiger charge is 2.25. The molecule has 4 aromatic rings. The molecular formula is C22H20N6O2S. The van der Waals surface area contributed by atoms with Gasteiger partial charge in [-0.1, -0.05) is 30.3 Å². The van der Waals surface area contributed by atoms with Gasteiger partial charge in [-0.2, -0.15) is 0 Å². The normalized spacial score (nSPS) is 14.2. The van der Waals surface area contributed by atoms with Crippen LogP contribution in [0.4, 0.5) is 5.82 Å². The first-order valence-corrected chi connectivity index (χ1v) is 10.8. The second-order valence-corrected chi connectivity index (χ2v) is 8.43. The number of hydrogen-bond donors (Lipinski definition) is 0. The van der Waals surface area contributed by atoms with Crippen LogP contribution in [0.2, 0.25) is 0 Å². The molecule has 156 valence electrons. The van der Waals surface area contributed by atoms with Crippen molar-refractivity contribution in [1.29, 1.82) is 0 Å². The standard InChI is InChI=1S/C22H20N6O2S/c29-20(27-10-8-26(9-11-27)19-14-23-6-7-24-19)18-13-25-22-28(21(18)30)15-17(31-22)12-16-4-2-1-3-5-16/h1-7,13-15H,8-12H2. The predicted octanol–water partition coefficient (Wildman–Crippen LogP) is 2.10. The Bertz CT molecular complexity index is 1260. The van der Waals surface area contributed by atoms with E-state index in [-0.39, 0.29) is 17.0 Å². The van der Waals surface area contributed by atoms with Crippen LogP contribution in [0.3, 0.4) is 0 Å². The van der Waals surface area contributed by atoms with Crippen molar-refractivity contribution in [2.75, 3.05) is 31.1 Å². The van der Waals surface area contributed by atoms with E-state index in [0.29, 0.717) is 31.1 Å². The summed E-state index contributed by atoms with van der Waals surface area (Å²) >= 11 is 1.47. The maximum atomic E-state index is 13.0. The van der Waals surface area contributed by atoms with Crippen LogP contribution in [0, 0.1) is 0 Å². The third-order valence-electron chi connectivity index (χ3n) is 5.35. The van der Waals surface area contributed by atoms with E-state index in [0.717, 1.165) is 17.1 Å². The molecule has 4 heterocycles. The third kappa shape index (κ3) is 3.91. The first-order chi connectivity index (χ1) is 15.2. The summed E-state index contributed by atoms with van der Waals surface area (Å²) in [6.07, 6.45) is 8.94. The fourth-order valence-corrected chi connectivity index (χ4v) is 4.69. The SMILES string of the molecule is O=C(c1cnc2sc(Cc3ccccc3)cn2c1=O)N1CCN(c2cnccn2)CC1. The Hall–Kier alpha value is -3.59. The van der Waals surface area contributed by atoms with Crippen LogP contribution in [-0.2, 0) is 6.42 Å². The van der Waals surface area contributed by atoms with Gasteiger partial charge in [-0.25, -0.2) is 9.97 Å². The number of anilines is 1. The van der Waals surface area contributed by atoms with Gasteiger partial charge < -0.3 is 9.80 Å². The lowest BCUT2D eigenvalue weighted by Crippen LogP contribution is -2.50. The van der Waals surface area contributed by atoms with Crippen molar-refractivity contribution in [3.8, 4) is 0 Å². The number of benzene rings is 1. The first-order valence-electron chi connectivity index (χ1n) is 10.0. The molecule has 8 nitrogen and oxygen atoms in total. The van der Waals surface area contributed by atoms with Crippen LogP contribution < -0.4 is 10.5 Å². The number of aromatic nitrogens is 4. The second-order valence-electron chi connectivity index (χ2n) is 7.33. The molecule has 9 heteroatoms. The Balaban J connectivity index is 1.33. The molecule has 0 N–H and O–H groups in total. The van der Waals surface area contributed by atoms with Crippen LogP contribution >= 0.6 is 11.3 Å². The summed E-state index contributed by atoms with van der Waals surface area (Å²) in [6.45, 7) is 2.31. The predicted molar refractivity (Wildman–Crippen MR) is 119 cm³/mol. The summed E-state index contributed by atoms with van der Waals surface area (Å²) in [6, 6.07) is 10.1. The highest BCUT2D eigenvalue weighted by Crippen LogP contribution is 2.19. The molecule has 0 aliphatic carbocycles. The van der Waals surface area contributed by atoms with E-state index in [1.54, 1.807) is 29.7 Å². The monoisotopic (exact) mass is 432 g/mol. The van der Waals surface area contributed by atoms with Crippen molar-refractivity contribution in [2.45, 2.75) is 6.42 Å². The van der Waals surface area contributed by atoms with Crippen LogP contribution in [0.25, 0.3) is 4.96 Å². The molecule has 0 atom stereocenters. The van der Waals surface area contributed by atoms with E-state index in [2.05, 4.69) is 32.0 Å². The summed E-state index contributed by atoms with van der Waals surface area (Å²) < 4.78 is 1.49. The number of hydrogen-bond acceptors (Lipinski definition) is 7. The van der Waals surface area contributed by atoms with Crippen molar-refractivity contribution >= 4 is 28.0 Å². The Morgan fingerprint density at radius 3 is 2.55 bits per heavy atom. The molecule has 1 aromatic carbocycles. The lowest BCUT2D eigenvalue weighted by atomic mass is 10.1. The van der Waals surface area contributed by atoms with Gasteiger partial charge in [0, 0.05) is 62.3 Å². The van der Waals surface area contributed by atoms with E-state index in [4.69, 9.17) is 0 Å². The largest absolute Gasteiger partial charge is 0.352 e. The molecule has 3 aromatic heterocycles. The summed E-state index contributed by atoms with van der Waals surface area (Å²) in [5.41, 5.74) is 0.954. The highest BCUT2D eigenvalue weighted by molar-refractivity contribution is 7.17. The fourth-order valence-electron chi connectivity index (χ4n) is 3.72. The van der Waals surface area contributed by atoms with Gasteiger partial charge in [-0.05, 0) is 5.56 Å². The molecule has 0 radical (unpaired) electrons. The molecule has 1 aliphatic rings. The second kappa shape index (κ2) is 8.27. The minimum Gasteiger partial charge on any atom is -0.352 e. The fraction of sp³-hybridized carbons (Fsp3) is 0.227. The Morgan fingerprint density at radius 1 is 1.00 bits per heavy atom. The lowest BCUT2D eigenvalue weighted by Gasteiger charge is -2.35. The molecular weight excluding hydrogens is 412 g/mol. The summed E-state index contributed by atoms with van der Waals surface area (Å²) in [4.78, 5) is 44.3. The smallest absolute Gasteiger partial charge is 0.271 e. The van der Waals surface area contributed by atoms with Crippen molar-refractivity contribution in [3.63, 3.8) is 0 Å². The highest BCUT2D eigenvalue weighted by atomic mass is 32.1. The van der Waals surface area contributed by atoms with Crippen molar-refractivity contribution in [1.82, 2.24) is 24.3 Å². The van der Waals surface area contributed by atoms with Crippen LogP contribution in [0.5, 0.6) is 0 Å². The molecule has 1 aliphatic heterocycles. The van der Waals surface area contributed by atoms with E-state index < -0.39 is 0 Å². The number of fused-ring (bicyclic) bond motifs is 1. The summed E-state index contributed by atoms with van der Waals surface area (Å²) in [5.74, 6) is 0.517. The Labute approximate surface area is 182 Å². The maximum absolute atomic E-state index is 13.0. The number of rotatable bonds is 4. The Kier molecular flexibility index (Phi) is 5.17. The molecule has 5 rings (SSSR count). The van der Waals surface area contributed by atoms with Gasteiger partial charge in [0.2, 0.25) is 0 Å². The van der Waals surface area contributed by atoms with Gasteiger partial charge in [0.25, 0.3) is 11.5 Å². The van der Waals surface area contributed by atoms with E-state index in [1.807, 2.05) is 18.2 Å². The quantitative estimate of drug-likeness (QED) is 0.491. The summed E-state index contributed by atoms with van der Waals surface area (Å²) in [5, 5.41) is 0. The van der Waals surface area contributed by atoms with Gasteiger partial charge >= 0.3 is 0 Å². The number of piperazine rings is 1. The van der Waals surface area contributed by atoms with Crippen LogP contribution in [0.1, 0.15) is 20.8 Å². The molecule has 1 saturated heterocycles. The molecule has 0 spiro atoms. The molecule has 0 bridgehead atoms. The van der Waals surface area contributed by atoms with Gasteiger partial charge in [-0.15, -0.1) is 11.3 Å². The maximum Gasteiger partial charge on any atom is 0.271 e. The molecule has 1 fully saturated rings. The number of amides is 1. The molecule has 0 saturated carbocycles. The van der Waals surface area contributed by atoms with E-state index >= 15 is 0 Å². The zero-order valence-electron chi connectivity index (χ0n) is 16.7. The molecule has 31 heavy (non-hydrogen) atoms. The minimum absolute atomic E-state index is 0.106. The van der Waals surface area contributed by atoms with Crippen LogP contribution in [-0.4, -0.2) is 56.3 Å². The third-order valence-corrected chi connectivity index (χ3v) is 6.34. The average molecular weight is 433 g/mol. The molecule has 0 unspecified atom stereocenters. The number of carbonyl (C=O) groups is 1. The van der Waals surface area contributed by atoms with Gasteiger partial charge in [-0.3, -0.25) is 19.0 Å². The topological polar surface area (TPSA) is 83.7 Å². The number of thiazole rings is 1. The van der Waals surface area contributed by atoms with Gasteiger partial charge in [0.1, 0.15) is 11.4 Å². The lowest BCUT2D eigenvalue weighted by molar-refractivity contribution is 0.0744. The average Bonchev–Trinajstić information content (AvgIpc) is 3.24. The van der Waals surface area contributed by atoms with Crippen molar-refractivity contribution in [3.05, 3.63) is 87.7 Å². The van der Waals surface area contributed by atoms with Crippen molar-refractivity contribution in [2.24, 2.45) is 0 Å². The van der Waals surface area contributed by atoms with Gasteiger partial charge in [0.15, 0.2) is 4.96 Å². The van der Waals surface area contributed by atoms with E-state index in [9.17, 15) is 9.59 Å². The first kappa shape index (κ1) is 19.4. The van der Waals surface area contributed by atoms with Gasteiger partial charge in [0.05, 0.1) is 6.20 Å². The zero-order valence-corrected chi connectivity index (χ0v) is 17.5. The van der Waals surface area contributed by atoms with E-state index in [1.165, 1.54) is 27.5 Å². The minimum atomic E-state index is -0.318. The number of carbonyl (C=O) groups excluding carboxylic acids is 1. The number of nitrogens with zero attached hydrogens (tertiary/aromatic N) is 6. The molecule has 1 amide bonds. The summed E-state index contributed by atoms with van der Waals surface area (Å²) in [7, 11) is 0.